The smallest absolute Gasteiger partial charge is 0.137 e. The molecule has 0 aromatic carbocycles. The quantitative estimate of drug-likeness (QED) is 0.915. The maximum absolute atomic E-state index is 4.88. The zero-order valence-corrected chi connectivity index (χ0v) is 14.4. The SMILES string of the molecule is CCNc1nc(C(C)C)nc(N2CC(C)CC(C)C2)c1C. The number of aromatic nitrogens is 2. The van der Waals surface area contributed by atoms with Crippen molar-refractivity contribution in [2.24, 2.45) is 11.8 Å². The van der Waals surface area contributed by atoms with Gasteiger partial charge < -0.3 is 10.2 Å². The van der Waals surface area contributed by atoms with Crippen LogP contribution in [0.15, 0.2) is 0 Å². The minimum atomic E-state index is 0.349. The average Bonchev–Trinajstić information content (AvgIpc) is 2.39. The lowest BCUT2D eigenvalue weighted by Gasteiger charge is -2.37. The predicted molar refractivity (Wildman–Crippen MR) is 90.2 cm³/mol. The van der Waals surface area contributed by atoms with Crippen molar-refractivity contribution < 1.29 is 0 Å². The Labute approximate surface area is 129 Å². The van der Waals surface area contributed by atoms with Crippen molar-refractivity contribution in [1.82, 2.24) is 9.97 Å². The van der Waals surface area contributed by atoms with Gasteiger partial charge in [-0.05, 0) is 32.1 Å². The van der Waals surface area contributed by atoms with Gasteiger partial charge in [0.05, 0.1) is 0 Å². The average molecular weight is 290 g/mol. The molecule has 2 atom stereocenters. The summed E-state index contributed by atoms with van der Waals surface area (Å²) in [5.74, 6) is 4.88. The van der Waals surface area contributed by atoms with Crippen LogP contribution in [0, 0.1) is 18.8 Å². The first-order chi connectivity index (χ1) is 9.92. The van der Waals surface area contributed by atoms with Gasteiger partial charge in [-0.15, -0.1) is 0 Å². The Morgan fingerprint density at radius 2 is 1.81 bits per heavy atom. The molecule has 2 rings (SSSR count). The molecule has 1 fully saturated rings. The molecule has 118 valence electrons. The van der Waals surface area contributed by atoms with E-state index in [9.17, 15) is 0 Å². The van der Waals surface area contributed by atoms with E-state index in [0.717, 1.165) is 48.9 Å². The second-order valence-corrected chi connectivity index (χ2v) is 6.92. The molecular formula is C17H30N4. The molecule has 1 N–H and O–H groups in total. The Balaban J connectivity index is 2.40. The van der Waals surface area contributed by atoms with Crippen molar-refractivity contribution in [3.05, 3.63) is 11.4 Å². The fourth-order valence-electron chi connectivity index (χ4n) is 3.26. The highest BCUT2D eigenvalue weighted by Crippen LogP contribution is 2.30. The molecule has 2 unspecified atom stereocenters. The molecule has 21 heavy (non-hydrogen) atoms. The van der Waals surface area contributed by atoms with E-state index in [1.165, 1.54) is 12.0 Å². The number of piperidine rings is 1. The van der Waals surface area contributed by atoms with Crippen LogP contribution >= 0.6 is 0 Å². The molecule has 0 amide bonds. The molecule has 1 saturated heterocycles. The van der Waals surface area contributed by atoms with Crippen LogP contribution in [-0.2, 0) is 0 Å². The summed E-state index contributed by atoms with van der Waals surface area (Å²) in [7, 11) is 0. The topological polar surface area (TPSA) is 41.1 Å². The third-order valence-electron chi connectivity index (χ3n) is 4.17. The largest absolute Gasteiger partial charge is 0.370 e. The van der Waals surface area contributed by atoms with Crippen LogP contribution in [-0.4, -0.2) is 29.6 Å². The van der Waals surface area contributed by atoms with E-state index in [0.29, 0.717) is 5.92 Å². The van der Waals surface area contributed by atoms with Gasteiger partial charge in [-0.25, -0.2) is 9.97 Å². The zero-order valence-electron chi connectivity index (χ0n) is 14.4. The highest BCUT2D eigenvalue weighted by atomic mass is 15.2. The number of nitrogens with zero attached hydrogens (tertiary/aromatic N) is 3. The van der Waals surface area contributed by atoms with Crippen molar-refractivity contribution >= 4 is 11.6 Å². The lowest BCUT2D eigenvalue weighted by molar-refractivity contribution is 0.354. The van der Waals surface area contributed by atoms with Gasteiger partial charge in [-0.3, -0.25) is 0 Å². The van der Waals surface area contributed by atoms with E-state index in [-0.39, 0.29) is 0 Å². The Bertz CT molecular complexity index is 474. The number of anilines is 2. The maximum Gasteiger partial charge on any atom is 0.137 e. The molecule has 1 aliphatic heterocycles. The number of hydrogen-bond acceptors (Lipinski definition) is 4. The van der Waals surface area contributed by atoms with Crippen LogP contribution in [0.5, 0.6) is 0 Å². The van der Waals surface area contributed by atoms with Crippen molar-refractivity contribution in [3.63, 3.8) is 0 Å². The van der Waals surface area contributed by atoms with Gasteiger partial charge in [0.1, 0.15) is 17.5 Å². The van der Waals surface area contributed by atoms with Crippen LogP contribution < -0.4 is 10.2 Å². The molecule has 2 heterocycles. The Hall–Kier alpha value is -1.32. The molecule has 0 radical (unpaired) electrons. The first-order valence-corrected chi connectivity index (χ1v) is 8.29. The molecule has 1 aromatic heterocycles. The molecule has 0 saturated carbocycles. The van der Waals surface area contributed by atoms with Gasteiger partial charge in [-0.1, -0.05) is 27.7 Å². The van der Waals surface area contributed by atoms with Crippen LogP contribution in [0.4, 0.5) is 11.6 Å². The molecule has 1 aliphatic rings. The second-order valence-electron chi connectivity index (χ2n) is 6.92. The minimum absolute atomic E-state index is 0.349. The summed E-state index contributed by atoms with van der Waals surface area (Å²) in [6, 6.07) is 0. The Morgan fingerprint density at radius 1 is 1.19 bits per heavy atom. The van der Waals surface area contributed by atoms with E-state index < -0.39 is 0 Å². The van der Waals surface area contributed by atoms with E-state index in [4.69, 9.17) is 9.97 Å². The van der Waals surface area contributed by atoms with Gasteiger partial charge >= 0.3 is 0 Å². The van der Waals surface area contributed by atoms with Gasteiger partial charge in [0.25, 0.3) is 0 Å². The minimum Gasteiger partial charge on any atom is -0.370 e. The van der Waals surface area contributed by atoms with E-state index in [1.54, 1.807) is 0 Å². The molecule has 0 bridgehead atoms. The first-order valence-electron chi connectivity index (χ1n) is 8.29. The number of rotatable bonds is 4. The fourth-order valence-corrected chi connectivity index (χ4v) is 3.26. The normalized spacial score (nSPS) is 22.7. The predicted octanol–water partition coefficient (Wildman–Crippen LogP) is 3.82. The number of nitrogens with one attached hydrogen (secondary N) is 1. The van der Waals surface area contributed by atoms with Crippen molar-refractivity contribution in [2.45, 2.75) is 53.9 Å². The lowest BCUT2D eigenvalue weighted by Crippen LogP contribution is -2.40. The third kappa shape index (κ3) is 3.66. The molecule has 1 aromatic rings. The first kappa shape index (κ1) is 16.1. The van der Waals surface area contributed by atoms with Gasteiger partial charge in [-0.2, -0.15) is 0 Å². The highest BCUT2D eigenvalue weighted by molar-refractivity contribution is 5.59. The van der Waals surface area contributed by atoms with Gasteiger partial charge in [0.15, 0.2) is 0 Å². The molecule has 0 spiro atoms. The van der Waals surface area contributed by atoms with Crippen molar-refractivity contribution in [3.8, 4) is 0 Å². The summed E-state index contributed by atoms with van der Waals surface area (Å²) >= 11 is 0. The van der Waals surface area contributed by atoms with Crippen LogP contribution in [0.2, 0.25) is 0 Å². The number of hydrogen-bond donors (Lipinski definition) is 1. The fraction of sp³-hybridized carbons (Fsp3) is 0.765. The molecule has 0 aliphatic carbocycles. The van der Waals surface area contributed by atoms with Gasteiger partial charge in [0, 0.05) is 31.1 Å². The highest BCUT2D eigenvalue weighted by Gasteiger charge is 2.25. The zero-order chi connectivity index (χ0) is 15.6. The summed E-state index contributed by atoms with van der Waals surface area (Å²) in [6.45, 7) is 16.3. The summed E-state index contributed by atoms with van der Waals surface area (Å²) in [6.07, 6.45) is 1.32. The van der Waals surface area contributed by atoms with Crippen LogP contribution in [0.1, 0.15) is 58.3 Å². The van der Waals surface area contributed by atoms with Crippen molar-refractivity contribution in [1.29, 1.82) is 0 Å². The third-order valence-corrected chi connectivity index (χ3v) is 4.17. The molecule has 4 heteroatoms. The molecule has 4 nitrogen and oxygen atoms in total. The van der Waals surface area contributed by atoms with Crippen LogP contribution in [0.25, 0.3) is 0 Å². The van der Waals surface area contributed by atoms with E-state index >= 15 is 0 Å². The summed E-state index contributed by atoms with van der Waals surface area (Å²) in [5, 5.41) is 3.40. The molecular weight excluding hydrogens is 260 g/mol. The van der Waals surface area contributed by atoms with Crippen LogP contribution in [0.3, 0.4) is 0 Å². The summed E-state index contributed by atoms with van der Waals surface area (Å²) in [4.78, 5) is 12.0. The summed E-state index contributed by atoms with van der Waals surface area (Å²) < 4.78 is 0. The van der Waals surface area contributed by atoms with Gasteiger partial charge in [0.2, 0.25) is 0 Å². The van der Waals surface area contributed by atoms with E-state index in [1.807, 2.05) is 0 Å². The summed E-state index contributed by atoms with van der Waals surface area (Å²) in [5.41, 5.74) is 1.18. The van der Waals surface area contributed by atoms with E-state index in [2.05, 4.69) is 51.8 Å². The monoisotopic (exact) mass is 290 g/mol. The maximum atomic E-state index is 4.88. The Morgan fingerprint density at radius 3 is 2.33 bits per heavy atom. The van der Waals surface area contributed by atoms with Crippen molar-refractivity contribution in [2.75, 3.05) is 29.9 Å². The second kappa shape index (κ2) is 6.63. The standard InChI is InChI=1S/C17H30N4/c1-7-18-16-14(6)17(20-15(19-16)11(2)3)21-9-12(4)8-13(5)10-21/h11-13H,7-10H2,1-6H3,(H,18,19,20). The lowest BCUT2D eigenvalue weighted by atomic mass is 9.92. The Kier molecular flexibility index (Phi) is 5.07.